The number of rotatable bonds is 6. The maximum atomic E-state index is 13.6. The number of nitrogens with one attached hydrogen (secondary N) is 1. The van der Waals surface area contributed by atoms with E-state index in [4.69, 9.17) is 0 Å². The first-order valence-corrected chi connectivity index (χ1v) is 7.09. The van der Waals surface area contributed by atoms with E-state index in [0.29, 0.717) is 6.42 Å². The molecule has 1 aromatic carbocycles. The largest absolute Gasteiger partial charge is 0.386 e. The van der Waals surface area contributed by atoms with E-state index in [1.165, 1.54) is 18.2 Å². The first kappa shape index (κ1) is 15.4. The van der Waals surface area contributed by atoms with Gasteiger partial charge in [0.05, 0.1) is 12.6 Å². The molecule has 6 heteroatoms. The second kappa shape index (κ2) is 6.67. The molecule has 1 aliphatic rings. The Morgan fingerprint density at radius 1 is 1.38 bits per heavy atom. The molecule has 3 amide bonds. The van der Waals surface area contributed by atoms with Crippen LogP contribution in [-0.2, 0) is 4.79 Å². The fourth-order valence-corrected chi connectivity index (χ4v) is 2.37. The van der Waals surface area contributed by atoms with Gasteiger partial charge in [-0.2, -0.15) is 0 Å². The van der Waals surface area contributed by atoms with Crippen LogP contribution in [0.4, 0.5) is 9.18 Å². The number of hydrogen-bond donors (Lipinski definition) is 2. The summed E-state index contributed by atoms with van der Waals surface area (Å²) in [5.41, 5.74) is 0.0788. The standard InChI is InChI=1S/C15H19FN2O3/c1-2-3-8-12-14(20)18(15(21)17-12)9-13(19)10-6-4-5-7-11(10)16/h4-7,12-13,19H,2-3,8-9H2,1H3,(H,17,21). The molecule has 1 aromatic rings. The van der Waals surface area contributed by atoms with Gasteiger partial charge in [0.25, 0.3) is 5.91 Å². The monoisotopic (exact) mass is 294 g/mol. The van der Waals surface area contributed by atoms with Crippen LogP contribution in [-0.4, -0.2) is 34.5 Å². The van der Waals surface area contributed by atoms with Gasteiger partial charge in [-0.05, 0) is 12.5 Å². The number of β-amino-alcohol motifs (C(OH)–C–C–N with tert-alkyl or cyclic N) is 1. The highest BCUT2D eigenvalue weighted by Gasteiger charge is 2.38. The molecule has 5 nitrogen and oxygen atoms in total. The minimum Gasteiger partial charge on any atom is -0.386 e. The average molecular weight is 294 g/mol. The highest BCUT2D eigenvalue weighted by molar-refractivity contribution is 6.04. The Kier molecular flexibility index (Phi) is 4.90. The highest BCUT2D eigenvalue weighted by atomic mass is 19.1. The number of urea groups is 1. The van der Waals surface area contributed by atoms with Crippen molar-refractivity contribution in [3.63, 3.8) is 0 Å². The molecule has 1 aliphatic heterocycles. The van der Waals surface area contributed by atoms with Crippen molar-refractivity contribution in [3.8, 4) is 0 Å². The molecule has 114 valence electrons. The number of nitrogens with zero attached hydrogens (tertiary/aromatic N) is 1. The van der Waals surface area contributed by atoms with E-state index < -0.39 is 24.0 Å². The summed E-state index contributed by atoms with van der Waals surface area (Å²) in [6.45, 7) is 1.76. The fraction of sp³-hybridized carbons (Fsp3) is 0.467. The zero-order valence-corrected chi connectivity index (χ0v) is 11.9. The first-order valence-electron chi connectivity index (χ1n) is 7.09. The zero-order chi connectivity index (χ0) is 15.4. The molecule has 0 spiro atoms. The molecule has 2 unspecified atom stereocenters. The van der Waals surface area contributed by atoms with Crippen LogP contribution < -0.4 is 5.32 Å². The van der Waals surface area contributed by atoms with Gasteiger partial charge in [0.2, 0.25) is 0 Å². The number of benzene rings is 1. The number of aliphatic hydroxyl groups is 1. The van der Waals surface area contributed by atoms with Crippen molar-refractivity contribution < 1.29 is 19.1 Å². The maximum absolute atomic E-state index is 13.6. The van der Waals surface area contributed by atoms with Crippen LogP contribution >= 0.6 is 0 Å². The smallest absolute Gasteiger partial charge is 0.324 e. The lowest BCUT2D eigenvalue weighted by Crippen LogP contribution is -2.35. The van der Waals surface area contributed by atoms with Crippen molar-refractivity contribution in [1.82, 2.24) is 10.2 Å². The molecular weight excluding hydrogens is 275 g/mol. The number of imide groups is 1. The van der Waals surface area contributed by atoms with Gasteiger partial charge in [0.1, 0.15) is 11.9 Å². The quantitative estimate of drug-likeness (QED) is 0.788. The van der Waals surface area contributed by atoms with Crippen molar-refractivity contribution >= 4 is 11.9 Å². The minimum atomic E-state index is -1.23. The normalized spacial score (nSPS) is 19.8. The fourth-order valence-electron chi connectivity index (χ4n) is 2.37. The Bertz CT molecular complexity index is 535. The molecule has 0 aliphatic carbocycles. The molecule has 0 radical (unpaired) electrons. The van der Waals surface area contributed by atoms with Gasteiger partial charge in [-0.15, -0.1) is 0 Å². The van der Waals surface area contributed by atoms with Crippen molar-refractivity contribution in [2.75, 3.05) is 6.54 Å². The van der Waals surface area contributed by atoms with Crippen LogP contribution in [0.2, 0.25) is 0 Å². The van der Waals surface area contributed by atoms with Gasteiger partial charge in [-0.1, -0.05) is 38.0 Å². The summed E-state index contributed by atoms with van der Waals surface area (Å²) < 4.78 is 13.6. The molecule has 1 heterocycles. The zero-order valence-electron chi connectivity index (χ0n) is 11.9. The van der Waals surface area contributed by atoms with E-state index in [0.717, 1.165) is 17.7 Å². The van der Waals surface area contributed by atoms with Crippen molar-refractivity contribution in [1.29, 1.82) is 0 Å². The Morgan fingerprint density at radius 2 is 2.10 bits per heavy atom. The van der Waals surface area contributed by atoms with E-state index in [-0.39, 0.29) is 18.0 Å². The summed E-state index contributed by atoms with van der Waals surface area (Å²) in [6.07, 6.45) is 1.11. The molecule has 0 bridgehead atoms. The third kappa shape index (κ3) is 3.39. The molecule has 0 saturated carbocycles. The number of halogens is 1. The van der Waals surface area contributed by atoms with Gasteiger partial charge >= 0.3 is 6.03 Å². The molecular formula is C15H19FN2O3. The summed E-state index contributed by atoms with van der Waals surface area (Å²) >= 11 is 0. The minimum absolute atomic E-state index is 0.0788. The van der Waals surface area contributed by atoms with Crippen LogP contribution in [0, 0.1) is 5.82 Å². The lowest BCUT2D eigenvalue weighted by Gasteiger charge is -2.18. The van der Waals surface area contributed by atoms with Crippen molar-refractivity contribution in [2.45, 2.75) is 38.3 Å². The number of carbonyl (C=O) groups excluding carboxylic acids is 2. The number of aliphatic hydroxyl groups excluding tert-OH is 1. The highest BCUT2D eigenvalue weighted by Crippen LogP contribution is 2.20. The lowest BCUT2D eigenvalue weighted by molar-refractivity contribution is -0.128. The van der Waals surface area contributed by atoms with Gasteiger partial charge in [-0.3, -0.25) is 9.69 Å². The first-order chi connectivity index (χ1) is 10.0. The summed E-state index contributed by atoms with van der Waals surface area (Å²) in [5.74, 6) is -0.913. The summed E-state index contributed by atoms with van der Waals surface area (Å²) in [4.78, 5) is 24.9. The topological polar surface area (TPSA) is 69.6 Å². The lowest BCUT2D eigenvalue weighted by atomic mass is 10.1. The maximum Gasteiger partial charge on any atom is 0.324 e. The second-order valence-electron chi connectivity index (χ2n) is 5.13. The van der Waals surface area contributed by atoms with E-state index >= 15 is 0 Å². The Labute approximate surface area is 122 Å². The number of hydrogen-bond acceptors (Lipinski definition) is 3. The summed E-state index contributed by atoms with van der Waals surface area (Å²) in [6, 6.07) is 4.71. The van der Waals surface area contributed by atoms with Crippen LogP contribution in [0.25, 0.3) is 0 Å². The SMILES string of the molecule is CCCCC1NC(=O)N(CC(O)c2ccccc2F)C1=O. The molecule has 2 N–H and O–H groups in total. The Balaban J connectivity index is 2.04. The number of unbranched alkanes of at least 4 members (excludes halogenated alkanes) is 1. The van der Waals surface area contributed by atoms with Gasteiger partial charge in [0, 0.05) is 5.56 Å². The third-order valence-corrected chi connectivity index (χ3v) is 3.57. The molecule has 21 heavy (non-hydrogen) atoms. The molecule has 2 rings (SSSR count). The van der Waals surface area contributed by atoms with E-state index in [1.54, 1.807) is 6.07 Å². The van der Waals surface area contributed by atoms with E-state index in [9.17, 15) is 19.1 Å². The molecule has 0 aromatic heterocycles. The van der Waals surface area contributed by atoms with Gasteiger partial charge in [-0.25, -0.2) is 9.18 Å². The van der Waals surface area contributed by atoms with E-state index in [2.05, 4.69) is 5.32 Å². The predicted molar refractivity (Wildman–Crippen MR) is 74.9 cm³/mol. The third-order valence-electron chi connectivity index (χ3n) is 3.57. The van der Waals surface area contributed by atoms with Crippen molar-refractivity contribution in [3.05, 3.63) is 35.6 Å². The van der Waals surface area contributed by atoms with Crippen molar-refractivity contribution in [2.24, 2.45) is 0 Å². The van der Waals surface area contributed by atoms with Gasteiger partial charge in [0.15, 0.2) is 0 Å². The molecule has 2 atom stereocenters. The Hall–Kier alpha value is -1.95. The number of amides is 3. The van der Waals surface area contributed by atoms with Crippen LogP contribution in [0.15, 0.2) is 24.3 Å². The average Bonchev–Trinajstić information content (AvgIpc) is 2.73. The summed E-state index contributed by atoms with van der Waals surface area (Å²) in [5, 5.41) is 12.6. The molecule has 1 fully saturated rings. The number of carbonyl (C=O) groups is 2. The Morgan fingerprint density at radius 3 is 2.76 bits per heavy atom. The second-order valence-corrected chi connectivity index (χ2v) is 5.13. The van der Waals surface area contributed by atoms with Crippen LogP contribution in [0.3, 0.4) is 0 Å². The molecule has 1 saturated heterocycles. The van der Waals surface area contributed by atoms with Gasteiger partial charge < -0.3 is 10.4 Å². The van der Waals surface area contributed by atoms with Crippen LogP contribution in [0.1, 0.15) is 37.9 Å². The van der Waals surface area contributed by atoms with E-state index in [1.807, 2.05) is 6.92 Å². The van der Waals surface area contributed by atoms with Crippen LogP contribution in [0.5, 0.6) is 0 Å². The predicted octanol–water partition coefficient (Wildman–Crippen LogP) is 1.97. The summed E-state index contributed by atoms with van der Waals surface area (Å²) in [7, 11) is 0.